The highest BCUT2D eigenvalue weighted by molar-refractivity contribution is 7.22. The van der Waals surface area contributed by atoms with Gasteiger partial charge in [-0.15, -0.1) is 0 Å². The molecule has 1 unspecified atom stereocenters. The predicted octanol–water partition coefficient (Wildman–Crippen LogP) is 6.16. The number of thiazole rings is 1. The number of halogens is 1. The SMILES string of the molecule is CCc1ccc2nc(N3C(=O)C(=O)/C(=C(/O)c4ccc(Cl)cc4)C3c3cccc(OC)c3OC)sc2c1. The smallest absolute Gasteiger partial charge is 0.301 e. The molecule has 1 amide bonds. The minimum Gasteiger partial charge on any atom is -0.507 e. The lowest BCUT2D eigenvalue weighted by atomic mass is 9.94. The van der Waals surface area contributed by atoms with Crippen molar-refractivity contribution in [3.8, 4) is 11.5 Å². The Morgan fingerprint density at radius 2 is 1.84 bits per heavy atom. The van der Waals surface area contributed by atoms with Crippen molar-refractivity contribution in [1.82, 2.24) is 4.98 Å². The second-order valence-electron chi connectivity index (χ2n) is 8.41. The van der Waals surface area contributed by atoms with E-state index in [0.717, 1.165) is 16.7 Å². The van der Waals surface area contributed by atoms with Crippen molar-refractivity contribution in [1.29, 1.82) is 0 Å². The van der Waals surface area contributed by atoms with Crippen LogP contribution in [0.5, 0.6) is 11.5 Å². The fourth-order valence-electron chi connectivity index (χ4n) is 4.49. The van der Waals surface area contributed by atoms with Gasteiger partial charge >= 0.3 is 5.91 Å². The first-order valence-corrected chi connectivity index (χ1v) is 12.7. The lowest BCUT2D eigenvalue weighted by Crippen LogP contribution is -2.29. The number of aliphatic hydroxyl groups is 1. The number of amides is 1. The number of carbonyl (C=O) groups is 2. The van der Waals surface area contributed by atoms with Crippen molar-refractivity contribution < 1.29 is 24.2 Å². The molecule has 1 fully saturated rings. The molecule has 0 aliphatic carbocycles. The number of benzene rings is 3. The van der Waals surface area contributed by atoms with Gasteiger partial charge in [-0.25, -0.2) is 4.98 Å². The van der Waals surface area contributed by atoms with Gasteiger partial charge < -0.3 is 14.6 Å². The fourth-order valence-corrected chi connectivity index (χ4v) is 5.68. The van der Waals surface area contributed by atoms with E-state index in [1.165, 1.54) is 30.5 Å². The number of hydrogen-bond acceptors (Lipinski definition) is 7. The van der Waals surface area contributed by atoms with Gasteiger partial charge in [-0.1, -0.05) is 48.1 Å². The Morgan fingerprint density at radius 3 is 2.51 bits per heavy atom. The Hall–Kier alpha value is -3.88. The number of ketones is 1. The van der Waals surface area contributed by atoms with Gasteiger partial charge in [0.25, 0.3) is 5.78 Å². The molecule has 0 bridgehead atoms. The van der Waals surface area contributed by atoms with Gasteiger partial charge in [0.15, 0.2) is 16.6 Å². The number of fused-ring (bicyclic) bond motifs is 1. The highest BCUT2D eigenvalue weighted by Crippen LogP contribution is 2.48. The van der Waals surface area contributed by atoms with Crippen LogP contribution in [0.1, 0.15) is 29.7 Å². The van der Waals surface area contributed by atoms with Crippen molar-refractivity contribution >= 4 is 55.7 Å². The summed E-state index contributed by atoms with van der Waals surface area (Å²) in [6.07, 6.45) is 0.857. The van der Waals surface area contributed by atoms with Gasteiger partial charge in [-0.05, 0) is 54.4 Å². The van der Waals surface area contributed by atoms with Crippen LogP contribution in [0.4, 0.5) is 5.13 Å². The number of ether oxygens (including phenoxy) is 2. The van der Waals surface area contributed by atoms with Crippen LogP contribution >= 0.6 is 22.9 Å². The van der Waals surface area contributed by atoms with Crippen LogP contribution in [0.3, 0.4) is 0 Å². The summed E-state index contributed by atoms with van der Waals surface area (Å²) >= 11 is 7.34. The molecule has 1 N–H and O–H groups in total. The van der Waals surface area contributed by atoms with E-state index in [1.807, 2.05) is 18.2 Å². The van der Waals surface area contributed by atoms with E-state index in [-0.39, 0.29) is 11.3 Å². The van der Waals surface area contributed by atoms with E-state index < -0.39 is 17.7 Å². The Kier molecular flexibility index (Phi) is 6.62. The second kappa shape index (κ2) is 9.88. The molecule has 1 saturated heterocycles. The number of hydrogen-bond donors (Lipinski definition) is 1. The second-order valence-corrected chi connectivity index (χ2v) is 9.86. The molecule has 1 aliphatic rings. The number of para-hydroxylation sites is 1. The summed E-state index contributed by atoms with van der Waals surface area (Å²) in [4.78, 5) is 33.1. The minimum atomic E-state index is -1.01. The van der Waals surface area contributed by atoms with Gasteiger partial charge in [0.05, 0.1) is 30.0 Å². The monoisotopic (exact) mass is 534 g/mol. The van der Waals surface area contributed by atoms with Crippen LogP contribution in [-0.4, -0.2) is 36.0 Å². The number of carbonyl (C=O) groups excluding carboxylic acids is 2. The standard InChI is InChI=1S/C28H23ClN2O5S/c1-4-15-8-13-19-21(14-15)37-28(30-19)31-23(18-6-5-7-20(35-2)26(18)36-3)22(25(33)27(31)34)24(32)16-9-11-17(29)12-10-16/h5-14,23,32H,4H2,1-3H3/b24-22+. The van der Waals surface area contributed by atoms with Crippen molar-refractivity contribution in [3.63, 3.8) is 0 Å². The molecular weight excluding hydrogens is 512 g/mol. The number of anilines is 1. The van der Waals surface area contributed by atoms with Crippen LogP contribution in [0, 0.1) is 0 Å². The highest BCUT2D eigenvalue weighted by Gasteiger charge is 2.49. The summed E-state index contributed by atoms with van der Waals surface area (Å²) in [6.45, 7) is 2.06. The molecule has 1 aromatic heterocycles. The highest BCUT2D eigenvalue weighted by atomic mass is 35.5. The van der Waals surface area contributed by atoms with Crippen molar-refractivity contribution in [3.05, 3.63) is 87.9 Å². The summed E-state index contributed by atoms with van der Waals surface area (Å²) in [7, 11) is 2.99. The summed E-state index contributed by atoms with van der Waals surface area (Å²) in [5.41, 5.74) is 2.61. The molecule has 1 aliphatic heterocycles. The average Bonchev–Trinajstić information content (AvgIpc) is 3.45. The normalized spacial score (nSPS) is 17.0. The predicted molar refractivity (Wildman–Crippen MR) is 145 cm³/mol. The number of aliphatic hydroxyl groups excluding tert-OH is 1. The first kappa shape index (κ1) is 24.8. The van der Waals surface area contributed by atoms with Crippen molar-refractivity contribution in [2.24, 2.45) is 0 Å². The maximum atomic E-state index is 13.5. The van der Waals surface area contributed by atoms with Gasteiger partial charge in [0.1, 0.15) is 11.8 Å². The molecule has 0 saturated carbocycles. The Labute approximate surface area is 222 Å². The van der Waals surface area contributed by atoms with Gasteiger partial charge in [0, 0.05) is 16.1 Å². The largest absolute Gasteiger partial charge is 0.507 e. The molecule has 4 aromatic rings. The van der Waals surface area contributed by atoms with Crippen LogP contribution < -0.4 is 14.4 Å². The Morgan fingerprint density at radius 1 is 1.08 bits per heavy atom. The number of rotatable bonds is 6. The van der Waals surface area contributed by atoms with E-state index in [0.29, 0.717) is 38.3 Å². The van der Waals surface area contributed by atoms with Gasteiger partial charge in [-0.2, -0.15) is 0 Å². The molecule has 1 atom stereocenters. The summed E-state index contributed by atoms with van der Waals surface area (Å²) in [6, 6.07) is 16.5. The molecule has 0 spiro atoms. The third-order valence-electron chi connectivity index (χ3n) is 6.35. The molecule has 0 radical (unpaired) electrons. The third-order valence-corrected chi connectivity index (χ3v) is 7.62. The van der Waals surface area contributed by atoms with Gasteiger partial charge in [0.2, 0.25) is 0 Å². The van der Waals surface area contributed by atoms with Gasteiger partial charge in [-0.3, -0.25) is 14.5 Å². The average molecular weight is 535 g/mol. The van der Waals surface area contributed by atoms with E-state index >= 15 is 0 Å². The molecule has 9 heteroatoms. The topological polar surface area (TPSA) is 89.0 Å². The molecule has 37 heavy (non-hydrogen) atoms. The number of methoxy groups -OCH3 is 2. The quantitative estimate of drug-likeness (QED) is 0.181. The molecule has 7 nitrogen and oxygen atoms in total. The van der Waals surface area contributed by atoms with Crippen molar-refractivity contribution in [2.45, 2.75) is 19.4 Å². The van der Waals surface area contributed by atoms with Crippen LogP contribution in [0.15, 0.2) is 66.2 Å². The Balaban J connectivity index is 1.77. The number of aryl methyl sites for hydroxylation is 1. The molecule has 5 rings (SSSR count). The molecular formula is C28H23ClN2O5S. The summed E-state index contributed by atoms with van der Waals surface area (Å²) in [5.74, 6) is -1.16. The first-order chi connectivity index (χ1) is 17.9. The number of nitrogens with zero attached hydrogens (tertiary/aromatic N) is 2. The summed E-state index contributed by atoms with van der Waals surface area (Å²) in [5, 5.41) is 12.2. The maximum Gasteiger partial charge on any atom is 0.301 e. The zero-order valence-electron chi connectivity index (χ0n) is 20.3. The van der Waals surface area contributed by atoms with E-state index in [9.17, 15) is 14.7 Å². The fraction of sp³-hybridized carbons (Fsp3) is 0.179. The number of aromatic nitrogens is 1. The van der Waals surface area contributed by atoms with Crippen molar-refractivity contribution in [2.75, 3.05) is 19.1 Å². The van der Waals surface area contributed by atoms with E-state index in [2.05, 4.69) is 11.9 Å². The van der Waals surface area contributed by atoms with E-state index in [1.54, 1.807) is 42.5 Å². The number of Topliss-reactive ketones (excluding diaryl/α,β-unsaturated/α-hetero) is 1. The zero-order chi connectivity index (χ0) is 26.3. The van der Waals surface area contributed by atoms with E-state index in [4.69, 9.17) is 21.1 Å². The van der Waals surface area contributed by atoms with Crippen LogP contribution in [-0.2, 0) is 16.0 Å². The Bertz CT molecular complexity index is 1560. The minimum absolute atomic E-state index is 0.0765. The first-order valence-electron chi connectivity index (χ1n) is 11.5. The molecule has 3 aromatic carbocycles. The summed E-state index contributed by atoms with van der Waals surface area (Å²) < 4.78 is 12.0. The van der Waals surface area contributed by atoms with Crippen LogP contribution in [0.2, 0.25) is 5.02 Å². The zero-order valence-corrected chi connectivity index (χ0v) is 21.9. The molecule has 188 valence electrons. The lowest BCUT2D eigenvalue weighted by molar-refractivity contribution is -0.132. The maximum absolute atomic E-state index is 13.5. The third kappa shape index (κ3) is 4.22. The van der Waals surface area contributed by atoms with Crippen LogP contribution in [0.25, 0.3) is 16.0 Å². The lowest BCUT2D eigenvalue weighted by Gasteiger charge is -2.25. The molecule has 2 heterocycles.